The zero-order chi connectivity index (χ0) is 14.5. The van der Waals surface area contributed by atoms with Crippen LogP contribution in [0.1, 0.15) is 22.0 Å². The van der Waals surface area contributed by atoms with Crippen LogP contribution in [-0.4, -0.2) is 12.5 Å². The molecule has 104 valence electrons. The average Bonchev–Trinajstić information content (AvgIpc) is 2.45. The summed E-state index contributed by atoms with van der Waals surface area (Å²) < 4.78 is 26.2. The minimum absolute atomic E-state index is 0.166. The third kappa shape index (κ3) is 3.39. The summed E-state index contributed by atoms with van der Waals surface area (Å²) in [6.07, 6.45) is 0. The second kappa shape index (κ2) is 6.25. The van der Waals surface area contributed by atoms with Crippen LogP contribution >= 0.6 is 0 Å². The highest BCUT2D eigenvalue weighted by molar-refractivity contribution is 5.94. The first-order valence-electron chi connectivity index (χ1n) is 6.11. The standard InChI is InChI=1S/C15H14F2N2O/c16-11-6-7-12(13(17)8-11)15(20)19-9-14(18)10-4-2-1-3-5-10/h1-8,14H,9,18H2,(H,19,20). The van der Waals surface area contributed by atoms with E-state index >= 15 is 0 Å². The van der Waals surface area contributed by atoms with Crippen molar-refractivity contribution in [1.82, 2.24) is 5.32 Å². The van der Waals surface area contributed by atoms with Gasteiger partial charge in [-0.3, -0.25) is 4.79 Å². The van der Waals surface area contributed by atoms with E-state index in [9.17, 15) is 13.6 Å². The molecule has 0 fully saturated rings. The van der Waals surface area contributed by atoms with Gasteiger partial charge in [0.2, 0.25) is 0 Å². The molecule has 1 amide bonds. The van der Waals surface area contributed by atoms with Gasteiger partial charge in [-0.25, -0.2) is 8.78 Å². The average molecular weight is 276 g/mol. The van der Waals surface area contributed by atoms with E-state index in [0.29, 0.717) is 6.07 Å². The molecule has 3 N–H and O–H groups in total. The molecule has 0 bridgehead atoms. The van der Waals surface area contributed by atoms with E-state index in [4.69, 9.17) is 5.73 Å². The smallest absolute Gasteiger partial charge is 0.254 e. The maximum absolute atomic E-state index is 13.4. The Morgan fingerprint density at radius 3 is 2.50 bits per heavy atom. The molecule has 0 saturated heterocycles. The van der Waals surface area contributed by atoms with Crippen LogP contribution in [0.5, 0.6) is 0 Å². The molecule has 2 aromatic carbocycles. The fourth-order valence-electron chi connectivity index (χ4n) is 1.79. The molecular weight excluding hydrogens is 262 g/mol. The zero-order valence-corrected chi connectivity index (χ0v) is 10.6. The third-order valence-corrected chi connectivity index (χ3v) is 2.89. The highest BCUT2D eigenvalue weighted by atomic mass is 19.1. The second-order valence-electron chi connectivity index (χ2n) is 4.35. The van der Waals surface area contributed by atoms with Gasteiger partial charge in [0.25, 0.3) is 5.91 Å². The summed E-state index contributed by atoms with van der Waals surface area (Å²) in [4.78, 5) is 11.8. The molecule has 5 heteroatoms. The van der Waals surface area contributed by atoms with Crippen molar-refractivity contribution in [2.45, 2.75) is 6.04 Å². The van der Waals surface area contributed by atoms with E-state index in [1.165, 1.54) is 0 Å². The maximum atomic E-state index is 13.4. The predicted octanol–water partition coefficient (Wildman–Crippen LogP) is 2.39. The van der Waals surface area contributed by atoms with Crippen molar-refractivity contribution in [2.24, 2.45) is 5.73 Å². The van der Waals surface area contributed by atoms with Crippen molar-refractivity contribution >= 4 is 5.91 Å². The Morgan fingerprint density at radius 2 is 1.85 bits per heavy atom. The summed E-state index contributed by atoms with van der Waals surface area (Å²) in [6.45, 7) is 0.166. The summed E-state index contributed by atoms with van der Waals surface area (Å²) in [5.41, 5.74) is 6.58. The molecule has 1 unspecified atom stereocenters. The minimum Gasteiger partial charge on any atom is -0.350 e. The Kier molecular flexibility index (Phi) is 4.42. The lowest BCUT2D eigenvalue weighted by Gasteiger charge is -2.13. The van der Waals surface area contributed by atoms with Gasteiger partial charge in [-0.15, -0.1) is 0 Å². The summed E-state index contributed by atoms with van der Waals surface area (Å²) in [6, 6.07) is 11.7. The van der Waals surface area contributed by atoms with Crippen LogP contribution in [0, 0.1) is 11.6 Å². The lowest BCUT2D eigenvalue weighted by molar-refractivity contribution is 0.0947. The molecule has 2 aromatic rings. The number of carbonyl (C=O) groups is 1. The quantitative estimate of drug-likeness (QED) is 0.901. The van der Waals surface area contributed by atoms with Gasteiger partial charge in [0, 0.05) is 18.7 Å². The van der Waals surface area contributed by atoms with Gasteiger partial charge >= 0.3 is 0 Å². The Bertz CT molecular complexity index is 602. The van der Waals surface area contributed by atoms with Crippen LogP contribution in [0.4, 0.5) is 8.78 Å². The van der Waals surface area contributed by atoms with Crippen LogP contribution in [0.2, 0.25) is 0 Å². The number of carbonyl (C=O) groups excluding carboxylic acids is 1. The molecule has 1 atom stereocenters. The molecule has 0 saturated carbocycles. The molecule has 0 heterocycles. The number of halogens is 2. The lowest BCUT2D eigenvalue weighted by Crippen LogP contribution is -2.32. The number of benzene rings is 2. The Morgan fingerprint density at radius 1 is 1.15 bits per heavy atom. The number of nitrogens with one attached hydrogen (secondary N) is 1. The second-order valence-corrected chi connectivity index (χ2v) is 4.35. The van der Waals surface area contributed by atoms with Crippen molar-refractivity contribution in [1.29, 1.82) is 0 Å². The number of nitrogens with two attached hydrogens (primary N) is 1. The van der Waals surface area contributed by atoms with E-state index in [1.54, 1.807) is 0 Å². The Balaban J connectivity index is 1.99. The van der Waals surface area contributed by atoms with Gasteiger partial charge in [-0.1, -0.05) is 30.3 Å². The summed E-state index contributed by atoms with van der Waals surface area (Å²) in [7, 11) is 0. The lowest BCUT2D eigenvalue weighted by atomic mass is 10.1. The van der Waals surface area contributed by atoms with Crippen LogP contribution in [0.3, 0.4) is 0 Å². The summed E-state index contributed by atoms with van der Waals surface area (Å²) in [5, 5.41) is 2.53. The van der Waals surface area contributed by atoms with Crippen molar-refractivity contribution in [3.63, 3.8) is 0 Å². The van der Waals surface area contributed by atoms with E-state index in [-0.39, 0.29) is 18.2 Å². The van der Waals surface area contributed by atoms with Crippen LogP contribution in [0.25, 0.3) is 0 Å². The normalized spacial score (nSPS) is 11.9. The molecule has 0 aliphatic rings. The molecule has 0 radical (unpaired) electrons. The number of rotatable bonds is 4. The van der Waals surface area contributed by atoms with E-state index in [0.717, 1.165) is 17.7 Å². The van der Waals surface area contributed by atoms with Gasteiger partial charge in [0.15, 0.2) is 0 Å². The van der Waals surface area contributed by atoms with Gasteiger partial charge in [-0.2, -0.15) is 0 Å². The number of hydrogen-bond donors (Lipinski definition) is 2. The zero-order valence-electron chi connectivity index (χ0n) is 10.6. The highest BCUT2D eigenvalue weighted by Gasteiger charge is 2.13. The maximum Gasteiger partial charge on any atom is 0.254 e. The third-order valence-electron chi connectivity index (χ3n) is 2.89. The molecule has 3 nitrogen and oxygen atoms in total. The largest absolute Gasteiger partial charge is 0.350 e. The summed E-state index contributed by atoms with van der Waals surface area (Å²) >= 11 is 0. The van der Waals surface area contributed by atoms with Crippen molar-refractivity contribution in [3.05, 3.63) is 71.3 Å². The van der Waals surface area contributed by atoms with E-state index < -0.39 is 17.5 Å². The van der Waals surface area contributed by atoms with Crippen molar-refractivity contribution in [3.8, 4) is 0 Å². The van der Waals surface area contributed by atoms with Gasteiger partial charge < -0.3 is 11.1 Å². The van der Waals surface area contributed by atoms with E-state index in [2.05, 4.69) is 5.32 Å². The number of hydrogen-bond acceptors (Lipinski definition) is 2. The molecule has 0 aliphatic carbocycles. The first kappa shape index (κ1) is 14.1. The van der Waals surface area contributed by atoms with Gasteiger partial charge in [0.1, 0.15) is 11.6 Å². The molecular formula is C15H14F2N2O. The first-order chi connectivity index (χ1) is 9.58. The first-order valence-corrected chi connectivity index (χ1v) is 6.11. The minimum atomic E-state index is -0.893. The van der Waals surface area contributed by atoms with E-state index in [1.807, 2.05) is 30.3 Å². The number of amides is 1. The molecule has 2 rings (SSSR count). The van der Waals surface area contributed by atoms with Crippen molar-refractivity contribution in [2.75, 3.05) is 6.54 Å². The monoisotopic (exact) mass is 276 g/mol. The van der Waals surface area contributed by atoms with Crippen LogP contribution in [-0.2, 0) is 0 Å². The molecule has 0 spiro atoms. The Labute approximate surface area is 115 Å². The van der Waals surface area contributed by atoms with Gasteiger partial charge in [0.05, 0.1) is 5.56 Å². The molecule has 0 aliphatic heterocycles. The fraction of sp³-hybridized carbons (Fsp3) is 0.133. The molecule has 20 heavy (non-hydrogen) atoms. The van der Waals surface area contributed by atoms with Crippen LogP contribution < -0.4 is 11.1 Å². The fourth-order valence-corrected chi connectivity index (χ4v) is 1.79. The SMILES string of the molecule is NC(CNC(=O)c1ccc(F)cc1F)c1ccccc1. The van der Waals surface area contributed by atoms with Crippen molar-refractivity contribution < 1.29 is 13.6 Å². The van der Waals surface area contributed by atoms with Gasteiger partial charge in [-0.05, 0) is 17.7 Å². The predicted molar refractivity (Wildman–Crippen MR) is 72.1 cm³/mol. The summed E-state index contributed by atoms with van der Waals surface area (Å²) in [5.74, 6) is -2.23. The molecule has 0 aromatic heterocycles. The highest BCUT2D eigenvalue weighted by Crippen LogP contribution is 2.11. The Hall–Kier alpha value is -2.27. The van der Waals surface area contributed by atoms with Crippen LogP contribution in [0.15, 0.2) is 48.5 Å². The topological polar surface area (TPSA) is 55.1 Å².